The molecular weight excluding hydrogens is 320 g/mol. The van der Waals surface area contributed by atoms with E-state index in [-0.39, 0.29) is 23.7 Å². The van der Waals surface area contributed by atoms with Gasteiger partial charge in [0.25, 0.3) is 0 Å². The van der Waals surface area contributed by atoms with Gasteiger partial charge in [-0.1, -0.05) is 0 Å². The van der Waals surface area contributed by atoms with Crippen molar-refractivity contribution in [1.82, 2.24) is 15.1 Å². The maximum absolute atomic E-state index is 12.7. The Bertz CT molecular complexity index is 799. The van der Waals surface area contributed by atoms with Crippen LogP contribution in [0, 0.1) is 12.8 Å². The number of rotatable bonds is 4. The lowest BCUT2D eigenvalue weighted by atomic mass is 9.90. The molecule has 1 amide bonds. The summed E-state index contributed by atoms with van der Waals surface area (Å²) < 4.78 is 6.49. The van der Waals surface area contributed by atoms with E-state index in [0.717, 1.165) is 17.7 Å². The first-order valence-corrected chi connectivity index (χ1v) is 8.18. The van der Waals surface area contributed by atoms with Gasteiger partial charge in [-0.15, -0.1) is 0 Å². The Morgan fingerprint density at radius 1 is 1.36 bits per heavy atom. The van der Waals surface area contributed by atoms with Crippen molar-refractivity contribution in [3.8, 4) is 0 Å². The fourth-order valence-corrected chi connectivity index (χ4v) is 3.25. The molecule has 1 aromatic heterocycles. The number of hydrogen-bond donors (Lipinski definition) is 2. The third-order valence-corrected chi connectivity index (χ3v) is 4.60. The molecule has 1 aliphatic heterocycles. The molecule has 132 valence electrons. The molecule has 0 aliphatic carbocycles. The van der Waals surface area contributed by atoms with Crippen molar-refractivity contribution in [3.63, 3.8) is 0 Å². The topological polar surface area (TPSA) is 85.2 Å². The number of aryl methyl sites for hydroxylation is 2. The maximum atomic E-state index is 12.7. The molecule has 0 bridgehead atoms. The Kier molecular flexibility index (Phi) is 4.85. The van der Waals surface area contributed by atoms with Gasteiger partial charge in [0.2, 0.25) is 5.91 Å². The van der Waals surface area contributed by atoms with Gasteiger partial charge >= 0.3 is 5.97 Å². The Balaban J connectivity index is 1.73. The van der Waals surface area contributed by atoms with Crippen molar-refractivity contribution < 1.29 is 14.3 Å². The summed E-state index contributed by atoms with van der Waals surface area (Å²) in [5.74, 6) is -0.481. The molecule has 1 fully saturated rings. The number of benzene rings is 1. The minimum atomic E-state index is -0.382. The van der Waals surface area contributed by atoms with Crippen molar-refractivity contribution >= 4 is 17.6 Å². The van der Waals surface area contributed by atoms with E-state index in [0.29, 0.717) is 17.8 Å². The number of ether oxygens (including phenoxy) is 1. The van der Waals surface area contributed by atoms with Crippen LogP contribution in [0.3, 0.4) is 0 Å². The van der Waals surface area contributed by atoms with Crippen molar-refractivity contribution in [2.75, 3.05) is 25.5 Å². The standard InChI is InChI=1S/C18H22N4O3/c1-11-6-13(4-5-14(11)18(24)25-3)21-17(23)16-9-19-8-15(16)12-7-20-22(2)10-12/h4-7,10,15-16,19H,8-9H2,1-3H3,(H,21,23)/t15-,16+/m1/s1. The molecule has 7 nitrogen and oxygen atoms in total. The number of aromatic nitrogens is 2. The van der Waals surface area contributed by atoms with Crippen LogP contribution in [0.2, 0.25) is 0 Å². The number of hydrogen-bond acceptors (Lipinski definition) is 5. The van der Waals surface area contributed by atoms with Crippen LogP contribution in [0.4, 0.5) is 5.69 Å². The first kappa shape index (κ1) is 17.2. The molecule has 3 rings (SSSR count). The van der Waals surface area contributed by atoms with Gasteiger partial charge in [-0.3, -0.25) is 9.48 Å². The molecule has 1 aliphatic rings. The lowest BCUT2D eigenvalue weighted by molar-refractivity contribution is -0.119. The molecule has 2 heterocycles. The maximum Gasteiger partial charge on any atom is 0.338 e. The van der Waals surface area contributed by atoms with Gasteiger partial charge in [0, 0.05) is 37.9 Å². The van der Waals surface area contributed by atoms with Crippen molar-refractivity contribution in [2.24, 2.45) is 13.0 Å². The minimum Gasteiger partial charge on any atom is -0.465 e. The van der Waals surface area contributed by atoms with Gasteiger partial charge in [-0.2, -0.15) is 5.10 Å². The van der Waals surface area contributed by atoms with Crippen molar-refractivity contribution in [1.29, 1.82) is 0 Å². The van der Waals surface area contributed by atoms with E-state index in [1.165, 1.54) is 7.11 Å². The zero-order chi connectivity index (χ0) is 18.0. The molecule has 0 radical (unpaired) electrons. The van der Waals surface area contributed by atoms with Gasteiger partial charge in [0.15, 0.2) is 0 Å². The van der Waals surface area contributed by atoms with Gasteiger partial charge in [0.05, 0.1) is 24.8 Å². The number of methoxy groups -OCH3 is 1. The van der Waals surface area contributed by atoms with E-state index in [2.05, 4.69) is 15.7 Å². The fourth-order valence-electron chi connectivity index (χ4n) is 3.25. The second kappa shape index (κ2) is 7.06. The summed E-state index contributed by atoms with van der Waals surface area (Å²) in [6.45, 7) is 3.20. The average Bonchev–Trinajstić information content (AvgIpc) is 3.22. The number of esters is 1. The van der Waals surface area contributed by atoms with E-state index in [9.17, 15) is 9.59 Å². The van der Waals surface area contributed by atoms with Crippen LogP contribution >= 0.6 is 0 Å². The molecular formula is C18H22N4O3. The summed E-state index contributed by atoms with van der Waals surface area (Å²) >= 11 is 0. The highest BCUT2D eigenvalue weighted by atomic mass is 16.5. The van der Waals surface area contributed by atoms with Crippen molar-refractivity contribution in [2.45, 2.75) is 12.8 Å². The number of nitrogens with one attached hydrogen (secondary N) is 2. The van der Waals surface area contributed by atoms with Crippen LogP contribution in [0.1, 0.15) is 27.4 Å². The summed E-state index contributed by atoms with van der Waals surface area (Å²) in [6.07, 6.45) is 3.76. The SMILES string of the molecule is COC(=O)c1ccc(NC(=O)[C@H]2CNC[C@@H]2c2cnn(C)c2)cc1C. The molecule has 7 heteroatoms. The summed E-state index contributed by atoms with van der Waals surface area (Å²) in [7, 11) is 3.22. The molecule has 2 N–H and O–H groups in total. The number of nitrogens with zero attached hydrogens (tertiary/aromatic N) is 2. The van der Waals surface area contributed by atoms with Gasteiger partial charge in [0.1, 0.15) is 0 Å². The molecule has 1 aromatic carbocycles. The molecule has 2 atom stereocenters. The third kappa shape index (κ3) is 3.56. The number of carbonyl (C=O) groups is 2. The molecule has 1 saturated heterocycles. The zero-order valence-corrected chi connectivity index (χ0v) is 14.6. The minimum absolute atomic E-state index is 0.0379. The number of anilines is 1. The van der Waals surface area contributed by atoms with Crippen LogP contribution in [0.15, 0.2) is 30.6 Å². The Morgan fingerprint density at radius 2 is 2.16 bits per heavy atom. The lowest BCUT2D eigenvalue weighted by Crippen LogP contribution is -2.28. The summed E-state index contributed by atoms with van der Waals surface area (Å²) in [6, 6.07) is 5.17. The summed E-state index contributed by atoms with van der Waals surface area (Å²) in [5, 5.41) is 10.4. The largest absolute Gasteiger partial charge is 0.465 e. The average molecular weight is 342 g/mol. The molecule has 25 heavy (non-hydrogen) atoms. The van der Waals surface area contributed by atoms with Crippen LogP contribution in [0.25, 0.3) is 0 Å². The van der Waals surface area contributed by atoms with Gasteiger partial charge < -0.3 is 15.4 Å². The highest BCUT2D eigenvalue weighted by Crippen LogP contribution is 2.29. The quantitative estimate of drug-likeness (QED) is 0.822. The van der Waals surface area contributed by atoms with E-state index >= 15 is 0 Å². The van der Waals surface area contributed by atoms with Crippen LogP contribution in [-0.2, 0) is 16.6 Å². The fraction of sp³-hybridized carbons (Fsp3) is 0.389. The van der Waals surface area contributed by atoms with Gasteiger partial charge in [-0.25, -0.2) is 4.79 Å². The predicted octanol–water partition coefficient (Wildman–Crippen LogP) is 1.46. The highest BCUT2D eigenvalue weighted by Gasteiger charge is 2.34. The van der Waals surface area contributed by atoms with E-state index < -0.39 is 0 Å². The van der Waals surface area contributed by atoms with Gasteiger partial charge in [-0.05, 0) is 36.2 Å². The Labute approximate surface area is 146 Å². The predicted molar refractivity (Wildman–Crippen MR) is 93.5 cm³/mol. The highest BCUT2D eigenvalue weighted by molar-refractivity contribution is 5.95. The van der Waals surface area contributed by atoms with Crippen LogP contribution in [-0.4, -0.2) is 41.9 Å². The summed E-state index contributed by atoms with van der Waals surface area (Å²) in [5.41, 5.74) is 2.99. The third-order valence-electron chi connectivity index (χ3n) is 4.60. The smallest absolute Gasteiger partial charge is 0.338 e. The monoisotopic (exact) mass is 342 g/mol. The summed E-state index contributed by atoms with van der Waals surface area (Å²) in [4.78, 5) is 24.4. The Morgan fingerprint density at radius 3 is 2.80 bits per heavy atom. The first-order chi connectivity index (χ1) is 12.0. The molecule has 0 saturated carbocycles. The van der Waals surface area contributed by atoms with Crippen LogP contribution < -0.4 is 10.6 Å². The van der Waals surface area contributed by atoms with E-state index in [4.69, 9.17) is 4.74 Å². The van der Waals surface area contributed by atoms with Crippen molar-refractivity contribution in [3.05, 3.63) is 47.3 Å². The van der Waals surface area contributed by atoms with Crippen LogP contribution in [0.5, 0.6) is 0 Å². The number of carbonyl (C=O) groups excluding carboxylic acids is 2. The second-order valence-corrected chi connectivity index (χ2v) is 6.33. The molecule has 0 unspecified atom stereocenters. The second-order valence-electron chi connectivity index (χ2n) is 6.33. The zero-order valence-electron chi connectivity index (χ0n) is 14.6. The van der Waals surface area contributed by atoms with E-state index in [1.807, 2.05) is 26.4 Å². The first-order valence-electron chi connectivity index (χ1n) is 8.18. The molecule has 2 aromatic rings. The lowest BCUT2D eigenvalue weighted by Gasteiger charge is -2.17. The molecule has 0 spiro atoms. The number of amides is 1. The van der Waals surface area contributed by atoms with E-state index in [1.54, 1.807) is 22.9 Å². The Hall–Kier alpha value is -2.67. The normalized spacial score (nSPS) is 19.6.